The number of carbonyl (C=O) groups is 1. The molecule has 3 nitrogen and oxygen atoms in total. The van der Waals surface area contributed by atoms with Gasteiger partial charge in [0.05, 0.1) is 17.0 Å². The van der Waals surface area contributed by atoms with Crippen molar-refractivity contribution in [3.05, 3.63) is 89.0 Å². The van der Waals surface area contributed by atoms with Gasteiger partial charge in [-0.3, -0.25) is 4.99 Å². The Hall–Kier alpha value is -3.34. The standard InChI is InChI=1S/C21H13F2NO2/c22-14-9-17(21(25)26)16-11-20(24-19(16)10-14)15-7-6-13(8-18(15)23)12-4-2-1-3-5-12/h1-10H,11H2,(H,25,26). The molecule has 3 aromatic rings. The Balaban J connectivity index is 1.72. The Morgan fingerprint density at radius 1 is 0.962 bits per heavy atom. The van der Waals surface area contributed by atoms with Crippen molar-refractivity contribution in [2.75, 3.05) is 0 Å². The second kappa shape index (κ2) is 6.19. The Bertz CT molecular complexity index is 1060. The van der Waals surface area contributed by atoms with Gasteiger partial charge in [-0.05, 0) is 41.0 Å². The van der Waals surface area contributed by atoms with Crippen LogP contribution >= 0.6 is 0 Å². The molecule has 0 saturated heterocycles. The lowest BCUT2D eigenvalue weighted by Gasteiger charge is -2.07. The summed E-state index contributed by atoms with van der Waals surface area (Å²) in [7, 11) is 0. The van der Waals surface area contributed by atoms with Gasteiger partial charge < -0.3 is 5.11 Å². The monoisotopic (exact) mass is 349 g/mol. The molecule has 0 fully saturated rings. The molecule has 0 aliphatic carbocycles. The lowest BCUT2D eigenvalue weighted by atomic mass is 9.97. The van der Waals surface area contributed by atoms with Crippen LogP contribution in [-0.2, 0) is 6.42 Å². The van der Waals surface area contributed by atoms with Gasteiger partial charge in [-0.15, -0.1) is 0 Å². The van der Waals surface area contributed by atoms with E-state index in [9.17, 15) is 18.7 Å². The first kappa shape index (κ1) is 16.1. The number of hydrogen-bond acceptors (Lipinski definition) is 2. The highest BCUT2D eigenvalue weighted by molar-refractivity contribution is 6.09. The molecule has 0 atom stereocenters. The van der Waals surface area contributed by atoms with Crippen LogP contribution in [0.25, 0.3) is 11.1 Å². The molecule has 5 heteroatoms. The quantitative estimate of drug-likeness (QED) is 0.723. The van der Waals surface area contributed by atoms with Crippen LogP contribution in [0.4, 0.5) is 14.5 Å². The zero-order valence-electron chi connectivity index (χ0n) is 13.5. The van der Waals surface area contributed by atoms with Crippen molar-refractivity contribution in [3.8, 4) is 11.1 Å². The summed E-state index contributed by atoms with van der Waals surface area (Å²) in [6, 6.07) is 16.4. The summed E-state index contributed by atoms with van der Waals surface area (Å²) in [6.07, 6.45) is 0.152. The minimum absolute atomic E-state index is 0.139. The van der Waals surface area contributed by atoms with Gasteiger partial charge in [0.25, 0.3) is 0 Å². The number of rotatable bonds is 3. The van der Waals surface area contributed by atoms with Crippen molar-refractivity contribution in [1.29, 1.82) is 0 Å². The van der Waals surface area contributed by atoms with Crippen molar-refractivity contribution in [2.45, 2.75) is 6.42 Å². The zero-order chi connectivity index (χ0) is 18.3. The summed E-state index contributed by atoms with van der Waals surface area (Å²) in [4.78, 5) is 15.6. The van der Waals surface area contributed by atoms with E-state index in [4.69, 9.17) is 0 Å². The molecule has 26 heavy (non-hydrogen) atoms. The Morgan fingerprint density at radius 3 is 2.42 bits per heavy atom. The fourth-order valence-electron chi connectivity index (χ4n) is 3.17. The van der Waals surface area contributed by atoms with Crippen LogP contribution in [0.2, 0.25) is 0 Å². The smallest absolute Gasteiger partial charge is 0.336 e. The van der Waals surface area contributed by atoms with E-state index in [1.54, 1.807) is 12.1 Å². The van der Waals surface area contributed by atoms with Crippen LogP contribution in [0.1, 0.15) is 21.5 Å². The van der Waals surface area contributed by atoms with Gasteiger partial charge in [-0.25, -0.2) is 13.6 Å². The van der Waals surface area contributed by atoms with Gasteiger partial charge in [0.2, 0.25) is 0 Å². The van der Waals surface area contributed by atoms with Gasteiger partial charge in [-0.2, -0.15) is 0 Å². The average molecular weight is 349 g/mol. The maximum Gasteiger partial charge on any atom is 0.336 e. The molecule has 0 spiro atoms. The molecule has 1 heterocycles. The van der Waals surface area contributed by atoms with Crippen LogP contribution < -0.4 is 0 Å². The number of carboxylic acids is 1. The summed E-state index contributed by atoms with van der Waals surface area (Å²) >= 11 is 0. The molecule has 0 radical (unpaired) electrons. The van der Waals surface area contributed by atoms with Crippen molar-refractivity contribution < 1.29 is 18.7 Å². The average Bonchev–Trinajstić information content (AvgIpc) is 3.04. The third-order valence-electron chi connectivity index (χ3n) is 4.41. The molecule has 1 N–H and O–H groups in total. The van der Waals surface area contributed by atoms with Gasteiger partial charge in [0.15, 0.2) is 0 Å². The van der Waals surface area contributed by atoms with Crippen LogP contribution in [0, 0.1) is 11.6 Å². The van der Waals surface area contributed by atoms with Crippen molar-refractivity contribution in [1.82, 2.24) is 0 Å². The van der Waals surface area contributed by atoms with E-state index in [0.29, 0.717) is 11.3 Å². The van der Waals surface area contributed by atoms with Gasteiger partial charge in [0, 0.05) is 12.0 Å². The summed E-state index contributed by atoms with van der Waals surface area (Å²) in [5, 5.41) is 9.26. The summed E-state index contributed by atoms with van der Waals surface area (Å²) < 4.78 is 28.3. The molecule has 0 bridgehead atoms. The van der Waals surface area contributed by atoms with E-state index in [1.807, 2.05) is 30.3 Å². The normalized spacial score (nSPS) is 12.6. The summed E-state index contributed by atoms with van der Waals surface area (Å²) in [6.45, 7) is 0. The number of halogens is 2. The number of carboxylic acid groups (broad SMARTS) is 1. The Morgan fingerprint density at radius 2 is 1.73 bits per heavy atom. The van der Waals surface area contributed by atoms with Crippen molar-refractivity contribution in [2.24, 2.45) is 4.99 Å². The number of fused-ring (bicyclic) bond motifs is 1. The number of nitrogens with zero attached hydrogens (tertiary/aromatic N) is 1. The predicted molar refractivity (Wildman–Crippen MR) is 95.1 cm³/mol. The third-order valence-corrected chi connectivity index (χ3v) is 4.41. The first-order valence-electron chi connectivity index (χ1n) is 8.01. The lowest BCUT2D eigenvalue weighted by Crippen LogP contribution is -2.07. The topological polar surface area (TPSA) is 49.7 Å². The van der Waals surface area contributed by atoms with Crippen LogP contribution in [-0.4, -0.2) is 16.8 Å². The van der Waals surface area contributed by atoms with E-state index in [0.717, 1.165) is 17.2 Å². The zero-order valence-corrected chi connectivity index (χ0v) is 13.5. The molecular weight excluding hydrogens is 336 g/mol. The van der Waals surface area contributed by atoms with Crippen molar-refractivity contribution >= 4 is 17.4 Å². The molecule has 128 valence electrons. The molecular formula is C21H13F2NO2. The summed E-state index contributed by atoms with van der Waals surface area (Å²) in [5.74, 6) is -2.35. The second-order valence-corrected chi connectivity index (χ2v) is 6.05. The van der Waals surface area contributed by atoms with Gasteiger partial charge in [0.1, 0.15) is 11.6 Å². The molecule has 1 aliphatic heterocycles. The van der Waals surface area contributed by atoms with Crippen LogP contribution in [0.15, 0.2) is 65.7 Å². The molecule has 0 unspecified atom stereocenters. The van der Waals surface area contributed by atoms with Crippen LogP contribution in [0.3, 0.4) is 0 Å². The first-order chi connectivity index (χ1) is 12.5. The largest absolute Gasteiger partial charge is 0.478 e. The fraction of sp³-hybridized carbons (Fsp3) is 0.0476. The highest BCUT2D eigenvalue weighted by Crippen LogP contribution is 2.34. The highest BCUT2D eigenvalue weighted by atomic mass is 19.1. The van der Waals surface area contributed by atoms with Gasteiger partial charge >= 0.3 is 5.97 Å². The van der Waals surface area contributed by atoms with E-state index in [2.05, 4.69) is 4.99 Å². The van der Waals surface area contributed by atoms with E-state index >= 15 is 0 Å². The fourth-order valence-corrected chi connectivity index (χ4v) is 3.17. The maximum atomic E-state index is 14.7. The van der Waals surface area contributed by atoms with E-state index in [-0.39, 0.29) is 23.2 Å². The minimum Gasteiger partial charge on any atom is -0.478 e. The SMILES string of the molecule is O=C(O)c1cc(F)cc2c1CC(c1ccc(-c3ccccc3)cc1F)=N2. The highest BCUT2D eigenvalue weighted by Gasteiger charge is 2.25. The second-order valence-electron chi connectivity index (χ2n) is 6.05. The predicted octanol–water partition coefficient (Wildman–Crippen LogP) is 5.01. The third kappa shape index (κ3) is 2.77. The Kier molecular flexibility index (Phi) is 3.84. The number of aliphatic imine (C=N–C) groups is 1. The molecule has 4 rings (SSSR count). The number of hydrogen-bond donors (Lipinski definition) is 1. The van der Waals surface area contributed by atoms with E-state index < -0.39 is 17.6 Å². The van der Waals surface area contributed by atoms with E-state index in [1.165, 1.54) is 12.1 Å². The lowest BCUT2D eigenvalue weighted by molar-refractivity contribution is 0.0695. The molecule has 0 amide bonds. The molecule has 3 aromatic carbocycles. The minimum atomic E-state index is -1.22. The Labute approximate surface area is 148 Å². The molecule has 0 aromatic heterocycles. The first-order valence-corrected chi connectivity index (χ1v) is 8.01. The van der Waals surface area contributed by atoms with Gasteiger partial charge in [-0.1, -0.05) is 36.4 Å². The maximum absolute atomic E-state index is 14.7. The molecule has 0 saturated carbocycles. The van der Waals surface area contributed by atoms with Crippen LogP contribution in [0.5, 0.6) is 0 Å². The molecule has 1 aliphatic rings. The number of benzene rings is 3. The summed E-state index contributed by atoms with van der Waals surface area (Å²) in [5.41, 5.74) is 2.82. The van der Waals surface area contributed by atoms with Crippen molar-refractivity contribution in [3.63, 3.8) is 0 Å². The number of aromatic carboxylic acids is 1.